The van der Waals surface area contributed by atoms with Crippen molar-refractivity contribution < 1.29 is 18.7 Å². The first kappa shape index (κ1) is 20.4. The zero-order chi connectivity index (χ0) is 20.8. The zero-order valence-electron chi connectivity index (χ0n) is 15.7. The average Bonchev–Trinajstić information content (AvgIpc) is 2.73. The number of amides is 1. The number of hydrogen-bond acceptors (Lipinski definition) is 6. The lowest BCUT2D eigenvalue weighted by molar-refractivity contribution is -0.113. The molecule has 0 saturated heterocycles. The fourth-order valence-corrected chi connectivity index (χ4v) is 3.21. The fourth-order valence-electron chi connectivity index (χ4n) is 2.51. The second kappa shape index (κ2) is 9.24. The highest BCUT2D eigenvalue weighted by atomic mass is 32.2. The first-order valence-electron chi connectivity index (χ1n) is 8.49. The van der Waals surface area contributed by atoms with Crippen molar-refractivity contribution in [1.29, 1.82) is 0 Å². The molecule has 7 nitrogen and oxygen atoms in total. The molecule has 0 aliphatic carbocycles. The zero-order valence-corrected chi connectivity index (χ0v) is 16.5. The third-order valence-corrected chi connectivity index (χ3v) is 4.85. The van der Waals surface area contributed by atoms with Gasteiger partial charge in [0.15, 0.2) is 5.03 Å². The molecule has 9 heteroatoms. The molecule has 1 N–H and O–H groups in total. The highest BCUT2D eigenvalue weighted by Gasteiger charge is 2.11. The summed E-state index contributed by atoms with van der Waals surface area (Å²) in [5.41, 5.74) is 0.630. The second-order valence-corrected chi connectivity index (χ2v) is 6.79. The van der Waals surface area contributed by atoms with Crippen LogP contribution in [0.5, 0.6) is 11.5 Å². The van der Waals surface area contributed by atoms with Crippen LogP contribution in [0.3, 0.4) is 0 Å². The van der Waals surface area contributed by atoms with E-state index in [0.29, 0.717) is 22.9 Å². The van der Waals surface area contributed by atoms with Crippen LogP contribution in [0.4, 0.5) is 10.1 Å². The predicted octanol–water partition coefficient (Wildman–Crippen LogP) is 3.12. The first-order valence-corrected chi connectivity index (χ1v) is 9.48. The molecule has 0 aliphatic rings. The Bertz CT molecular complexity index is 1050. The summed E-state index contributed by atoms with van der Waals surface area (Å²) in [5, 5.41) is 2.90. The van der Waals surface area contributed by atoms with E-state index in [0.717, 1.165) is 11.8 Å². The van der Waals surface area contributed by atoms with E-state index in [1.54, 1.807) is 18.2 Å². The van der Waals surface area contributed by atoms with Crippen LogP contribution in [0.25, 0.3) is 5.69 Å². The summed E-state index contributed by atoms with van der Waals surface area (Å²) in [6.07, 6.45) is 2.94. The molecule has 3 aromatic rings. The number of carbonyl (C=O) groups excluding carboxylic acids is 1. The third kappa shape index (κ3) is 5.14. The number of nitrogens with zero attached hydrogens (tertiary/aromatic N) is 2. The van der Waals surface area contributed by atoms with Crippen LogP contribution in [0, 0.1) is 5.82 Å². The lowest BCUT2D eigenvalue weighted by Crippen LogP contribution is -2.22. The van der Waals surface area contributed by atoms with Crippen molar-refractivity contribution in [3.63, 3.8) is 0 Å². The van der Waals surface area contributed by atoms with Crippen LogP contribution in [-0.2, 0) is 4.79 Å². The molecule has 0 bridgehead atoms. The molecule has 0 saturated carbocycles. The van der Waals surface area contributed by atoms with E-state index in [-0.39, 0.29) is 22.2 Å². The van der Waals surface area contributed by atoms with Crippen LogP contribution in [0.2, 0.25) is 0 Å². The van der Waals surface area contributed by atoms with Crippen LogP contribution in [0.1, 0.15) is 0 Å². The Labute approximate surface area is 170 Å². The number of anilines is 1. The van der Waals surface area contributed by atoms with Gasteiger partial charge in [0.05, 0.1) is 20.0 Å². The largest absolute Gasteiger partial charge is 0.497 e. The number of methoxy groups -OCH3 is 2. The summed E-state index contributed by atoms with van der Waals surface area (Å²) in [6, 6.07) is 10.5. The van der Waals surface area contributed by atoms with Crippen molar-refractivity contribution in [2.75, 3.05) is 25.3 Å². The lowest BCUT2D eigenvalue weighted by atomic mass is 10.2. The highest BCUT2D eigenvalue weighted by molar-refractivity contribution is 7.99. The van der Waals surface area contributed by atoms with Gasteiger partial charge in [-0.2, -0.15) is 0 Å². The third-order valence-electron chi connectivity index (χ3n) is 3.89. The Morgan fingerprint density at radius 1 is 1.14 bits per heavy atom. The Balaban J connectivity index is 1.70. The van der Waals surface area contributed by atoms with E-state index >= 15 is 0 Å². The van der Waals surface area contributed by atoms with Gasteiger partial charge in [0.2, 0.25) is 5.91 Å². The van der Waals surface area contributed by atoms with Gasteiger partial charge in [-0.3, -0.25) is 14.2 Å². The van der Waals surface area contributed by atoms with Gasteiger partial charge in [0.25, 0.3) is 5.56 Å². The van der Waals surface area contributed by atoms with Gasteiger partial charge in [-0.1, -0.05) is 11.8 Å². The molecule has 2 aromatic carbocycles. The summed E-state index contributed by atoms with van der Waals surface area (Å²) in [5.74, 6) is 0.355. The average molecular weight is 415 g/mol. The molecule has 0 unspecified atom stereocenters. The summed E-state index contributed by atoms with van der Waals surface area (Å²) >= 11 is 1.01. The van der Waals surface area contributed by atoms with Gasteiger partial charge in [0, 0.05) is 42.0 Å². The van der Waals surface area contributed by atoms with Crippen LogP contribution in [0.15, 0.2) is 64.7 Å². The van der Waals surface area contributed by atoms with Crippen molar-refractivity contribution >= 4 is 23.4 Å². The number of benzene rings is 2. The minimum Gasteiger partial charge on any atom is -0.497 e. The number of carbonyl (C=O) groups is 1. The Hall–Kier alpha value is -3.33. The minimum absolute atomic E-state index is 0.0187. The molecule has 1 heterocycles. The molecule has 0 atom stereocenters. The number of ether oxygens (including phenoxy) is 2. The van der Waals surface area contributed by atoms with Crippen molar-refractivity contribution in [1.82, 2.24) is 9.55 Å². The van der Waals surface area contributed by atoms with Gasteiger partial charge < -0.3 is 14.8 Å². The smallest absolute Gasteiger partial charge is 0.287 e. The molecule has 0 aliphatic heterocycles. The molecule has 1 aromatic heterocycles. The number of aromatic nitrogens is 2. The predicted molar refractivity (Wildman–Crippen MR) is 109 cm³/mol. The maximum absolute atomic E-state index is 13.1. The summed E-state index contributed by atoms with van der Waals surface area (Å²) in [4.78, 5) is 29.0. The summed E-state index contributed by atoms with van der Waals surface area (Å²) < 4.78 is 24.8. The van der Waals surface area contributed by atoms with Crippen LogP contribution < -0.4 is 20.3 Å². The number of nitrogens with one attached hydrogen (secondary N) is 1. The standard InChI is InChI=1S/C20H18FN3O4S/c1-27-16-9-14(10-17(11-16)28-2)23-18(25)12-29-19-20(26)24(8-7-22-19)15-5-3-13(21)4-6-15/h3-11H,12H2,1-2H3,(H,23,25). The van der Waals surface area contributed by atoms with Crippen molar-refractivity contribution in [3.8, 4) is 17.2 Å². The second-order valence-electron chi connectivity index (χ2n) is 5.82. The minimum atomic E-state index is -0.392. The Morgan fingerprint density at radius 2 is 1.79 bits per heavy atom. The molecule has 150 valence electrons. The molecule has 29 heavy (non-hydrogen) atoms. The lowest BCUT2D eigenvalue weighted by Gasteiger charge is -2.10. The van der Waals surface area contributed by atoms with Gasteiger partial charge in [0.1, 0.15) is 17.3 Å². The molecular formula is C20H18FN3O4S. The van der Waals surface area contributed by atoms with Crippen molar-refractivity contribution in [3.05, 3.63) is 71.0 Å². The van der Waals surface area contributed by atoms with E-state index < -0.39 is 5.82 Å². The monoisotopic (exact) mass is 415 g/mol. The highest BCUT2D eigenvalue weighted by Crippen LogP contribution is 2.26. The SMILES string of the molecule is COc1cc(NC(=O)CSc2nccn(-c3ccc(F)cc3)c2=O)cc(OC)c1. The van der Waals surface area contributed by atoms with E-state index in [1.807, 2.05) is 0 Å². The Kier molecular flexibility index (Phi) is 6.50. The normalized spacial score (nSPS) is 10.4. The molecule has 3 rings (SSSR count). The molecule has 0 spiro atoms. The van der Waals surface area contributed by atoms with Crippen molar-refractivity contribution in [2.45, 2.75) is 5.03 Å². The van der Waals surface area contributed by atoms with Crippen LogP contribution in [-0.4, -0.2) is 35.4 Å². The van der Waals surface area contributed by atoms with Gasteiger partial charge in [-0.05, 0) is 24.3 Å². The molecule has 0 radical (unpaired) electrons. The molecular weight excluding hydrogens is 397 g/mol. The summed E-state index contributed by atoms with van der Waals surface area (Å²) in [6.45, 7) is 0. The van der Waals surface area contributed by atoms with Gasteiger partial charge >= 0.3 is 0 Å². The number of rotatable bonds is 7. The topological polar surface area (TPSA) is 82.5 Å². The van der Waals surface area contributed by atoms with Crippen LogP contribution >= 0.6 is 11.8 Å². The number of hydrogen-bond donors (Lipinski definition) is 1. The summed E-state index contributed by atoms with van der Waals surface area (Å²) in [7, 11) is 3.03. The van der Waals surface area contributed by atoms with E-state index in [1.165, 1.54) is 55.4 Å². The fraction of sp³-hybridized carbons (Fsp3) is 0.150. The molecule has 0 fully saturated rings. The quantitative estimate of drug-likeness (QED) is 0.597. The first-order chi connectivity index (χ1) is 14.0. The van der Waals surface area contributed by atoms with Gasteiger partial charge in [-0.25, -0.2) is 9.37 Å². The van der Waals surface area contributed by atoms with Gasteiger partial charge in [-0.15, -0.1) is 0 Å². The van der Waals surface area contributed by atoms with E-state index in [4.69, 9.17) is 9.47 Å². The molecule has 1 amide bonds. The maximum atomic E-state index is 13.1. The van der Waals surface area contributed by atoms with E-state index in [9.17, 15) is 14.0 Å². The maximum Gasteiger partial charge on any atom is 0.287 e. The van der Waals surface area contributed by atoms with Crippen molar-refractivity contribution in [2.24, 2.45) is 0 Å². The Morgan fingerprint density at radius 3 is 2.41 bits per heavy atom. The number of halogens is 1. The van der Waals surface area contributed by atoms with E-state index in [2.05, 4.69) is 10.3 Å². The number of thioether (sulfide) groups is 1.